The van der Waals surface area contributed by atoms with Crippen molar-refractivity contribution >= 4 is 10.9 Å². The van der Waals surface area contributed by atoms with Crippen molar-refractivity contribution in [3.63, 3.8) is 0 Å². The molecular weight excluding hydrogens is 224 g/mol. The second kappa shape index (κ2) is 4.75. The van der Waals surface area contributed by atoms with E-state index in [-0.39, 0.29) is 0 Å². The molecule has 1 N–H and O–H groups in total. The number of benzene rings is 1. The van der Waals surface area contributed by atoms with Crippen molar-refractivity contribution in [3.05, 3.63) is 35.5 Å². The average Bonchev–Trinajstić information content (AvgIpc) is 2.57. The van der Waals surface area contributed by atoms with Gasteiger partial charge in [0.15, 0.2) is 0 Å². The maximum Gasteiger partial charge on any atom is 0.0591 e. The minimum absolute atomic E-state index is 0.407. The van der Waals surface area contributed by atoms with Crippen LogP contribution in [0.1, 0.15) is 23.7 Å². The minimum Gasteiger partial charge on any atom is -0.380 e. The third-order valence-corrected chi connectivity index (χ3v) is 3.89. The number of fused-ring (bicyclic) bond motifs is 1. The van der Waals surface area contributed by atoms with Crippen LogP contribution in [0.2, 0.25) is 0 Å². The van der Waals surface area contributed by atoms with Gasteiger partial charge in [0.1, 0.15) is 0 Å². The number of hydrogen-bond acceptors (Lipinski definition) is 2. The molecule has 1 saturated heterocycles. The van der Waals surface area contributed by atoms with Gasteiger partial charge in [0, 0.05) is 42.8 Å². The van der Waals surface area contributed by atoms with Gasteiger partial charge in [0.05, 0.1) is 6.61 Å². The van der Waals surface area contributed by atoms with Gasteiger partial charge in [0.25, 0.3) is 0 Å². The predicted octanol–water partition coefficient (Wildman–Crippen LogP) is 2.54. The summed E-state index contributed by atoms with van der Waals surface area (Å²) in [6.45, 7) is 4.78. The Morgan fingerprint density at radius 1 is 1.33 bits per heavy atom. The summed E-state index contributed by atoms with van der Waals surface area (Å²) in [4.78, 5) is 0. The molecule has 0 aliphatic carbocycles. The Bertz CT molecular complexity index is 551. The fraction of sp³-hybridized carbons (Fsp3) is 0.467. The highest BCUT2D eigenvalue weighted by Gasteiger charge is 2.18. The van der Waals surface area contributed by atoms with Crippen LogP contribution < -0.4 is 5.32 Å². The van der Waals surface area contributed by atoms with E-state index in [9.17, 15) is 0 Å². The van der Waals surface area contributed by atoms with Crippen molar-refractivity contribution in [1.29, 1.82) is 0 Å². The molecule has 3 rings (SSSR count). The summed E-state index contributed by atoms with van der Waals surface area (Å²) in [6.07, 6.45) is 1.04. The number of hydrogen-bond donors (Lipinski definition) is 1. The Kier molecular flexibility index (Phi) is 3.10. The second-order valence-corrected chi connectivity index (χ2v) is 5.04. The first kappa shape index (κ1) is 11.8. The van der Waals surface area contributed by atoms with E-state index in [1.807, 2.05) is 0 Å². The smallest absolute Gasteiger partial charge is 0.0591 e. The highest BCUT2D eigenvalue weighted by atomic mass is 16.5. The van der Waals surface area contributed by atoms with Crippen LogP contribution in [0, 0.1) is 6.92 Å². The molecule has 0 radical (unpaired) electrons. The van der Waals surface area contributed by atoms with Crippen molar-refractivity contribution in [2.24, 2.45) is 7.05 Å². The standard InChI is InChI=1S/C15H20N2O/c1-11-4-3-5-14-12(11)10-15(17(14)2)13-6-8-18-9-7-16-13/h3-5,10,13,16H,6-9H2,1-2H3. The number of aromatic nitrogens is 1. The summed E-state index contributed by atoms with van der Waals surface area (Å²) >= 11 is 0. The van der Waals surface area contributed by atoms with Gasteiger partial charge >= 0.3 is 0 Å². The van der Waals surface area contributed by atoms with Gasteiger partial charge in [-0.1, -0.05) is 12.1 Å². The van der Waals surface area contributed by atoms with Gasteiger partial charge in [-0.3, -0.25) is 0 Å². The van der Waals surface area contributed by atoms with E-state index < -0.39 is 0 Å². The molecule has 1 aliphatic rings. The van der Waals surface area contributed by atoms with E-state index in [0.717, 1.165) is 26.2 Å². The van der Waals surface area contributed by atoms with E-state index in [1.165, 1.54) is 22.2 Å². The zero-order valence-corrected chi connectivity index (χ0v) is 11.1. The molecule has 3 heteroatoms. The van der Waals surface area contributed by atoms with E-state index in [0.29, 0.717) is 6.04 Å². The van der Waals surface area contributed by atoms with Gasteiger partial charge in [-0.2, -0.15) is 0 Å². The molecule has 1 atom stereocenters. The van der Waals surface area contributed by atoms with Crippen LogP contribution in [0.5, 0.6) is 0 Å². The minimum atomic E-state index is 0.407. The van der Waals surface area contributed by atoms with Gasteiger partial charge in [-0.25, -0.2) is 0 Å². The van der Waals surface area contributed by atoms with Crippen LogP contribution >= 0.6 is 0 Å². The summed E-state index contributed by atoms with van der Waals surface area (Å²) in [5.74, 6) is 0. The molecule has 1 aliphatic heterocycles. The zero-order chi connectivity index (χ0) is 12.5. The first-order valence-corrected chi connectivity index (χ1v) is 6.63. The van der Waals surface area contributed by atoms with Crippen LogP contribution in [0.25, 0.3) is 10.9 Å². The highest BCUT2D eigenvalue weighted by molar-refractivity contribution is 5.84. The molecule has 96 valence electrons. The summed E-state index contributed by atoms with van der Waals surface area (Å²) in [5.41, 5.74) is 4.03. The molecule has 0 spiro atoms. The normalized spacial score (nSPS) is 21.1. The van der Waals surface area contributed by atoms with Crippen LogP contribution in [0.3, 0.4) is 0 Å². The van der Waals surface area contributed by atoms with E-state index in [1.54, 1.807) is 0 Å². The lowest BCUT2D eigenvalue weighted by molar-refractivity contribution is 0.149. The van der Waals surface area contributed by atoms with Gasteiger partial charge in [-0.05, 0) is 31.0 Å². The van der Waals surface area contributed by atoms with Crippen LogP contribution in [0.15, 0.2) is 24.3 Å². The van der Waals surface area contributed by atoms with Crippen LogP contribution in [-0.2, 0) is 11.8 Å². The Labute approximate surface area is 108 Å². The highest BCUT2D eigenvalue weighted by Crippen LogP contribution is 2.27. The van der Waals surface area contributed by atoms with Crippen LogP contribution in [-0.4, -0.2) is 24.3 Å². The summed E-state index contributed by atoms with van der Waals surface area (Å²) < 4.78 is 7.82. The predicted molar refractivity (Wildman–Crippen MR) is 73.8 cm³/mol. The first-order chi connectivity index (χ1) is 8.77. The Balaban J connectivity index is 2.06. The quantitative estimate of drug-likeness (QED) is 0.834. The molecule has 2 heterocycles. The van der Waals surface area contributed by atoms with E-state index in [2.05, 4.69) is 48.1 Å². The van der Waals surface area contributed by atoms with E-state index in [4.69, 9.17) is 4.74 Å². The van der Waals surface area contributed by atoms with Gasteiger partial charge in [0.2, 0.25) is 0 Å². The van der Waals surface area contributed by atoms with Crippen molar-refractivity contribution in [3.8, 4) is 0 Å². The lowest BCUT2D eigenvalue weighted by Gasteiger charge is -2.16. The number of nitrogens with zero attached hydrogens (tertiary/aromatic N) is 1. The summed E-state index contributed by atoms with van der Waals surface area (Å²) in [7, 11) is 2.16. The van der Waals surface area contributed by atoms with Crippen LogP contribution in [0.4, 0.5) is 0 Å². The zero-order valence-electron chi connectivity index (χ0n) is 11.1. The average molecular weight is 244 g/mol. The Morgan fingerprint density at radius 2 is 2.22 bits per heavy atom. The number of rotatable bonds is 1. The molecule has 3 nitrogen and oxygen atoms in total. The largest absolute Gasteiger partial charge is 0.380 e. The van der Waals surface area contributed by atoms with Crippen molar-refractivity contribution in [1.82, 2.24) is 9.88 Å². The van der Waals surface area contributed by atoms with Gasteiger partial charge < -0.3 is 14.6 Å². The van der Waals surface area contributed by atoms with Crippen molar-refractivity contribution < 1.29 is 4.74 Å². The second-order valence-electron chi connectivity index (χ2n) is 5.04. The van der Waals surface area contributed by atoms with Crippen molar-refractivity contribution in [2.75, 3.05) is 19.8 Å². The number of ether oxygens (including phenoxy) is 1. The topological polar surface area (TPSA) is 26.2 Å². The first-order valence-electron chi connectivity index (χ1n) is 6.63. The molecule has 1 aromatic heterocycles. The SMILES string of the molecule is Cc1cccc2c1cc(C1CCOCCN1)n2C. The lowest BCUT2D eigenvalue weighted by atomic mass is 10.1. The molecule has 2 aromatic rings. The Hall–Kier alpha value is -1.32. The third-order valence-electron chi connectivity index (χ3n) is 3.89. The fourth-order valence-corrected chi connectivity index (χ4v) is 2.83. The van der Waals surface area contributed by atoms with E-state index >= 15 is 0 Å². The maximum absolute atomic E-state index is 5.51. The molecule has 18 heavy (non-hydrogen) atoms. The third kappa shape index (κ3) is 1.93. The molecule has 1 unspecified atom stereocenters. The Morgan fingerprint density at radius 3 is 3.06 bits per heavy atom. The van der Waals surface area contributed by atoms with Crippen molar-refractivity contribution in [2.45, 2.75) is 19.4 Å². The molecule has 1 fully saturated rings. The molecule has 0 bridgehead atoms. The molecule has 0 saturated carbocycles. The summed E-state index contributed by atoms with van der Waals surface area (Å²) in [6, 6.07) is 9.23. The maximum atomic E-state index is 5.51. The monoisotopic (exact) mass is 244 g/mol. The summed E-state index contributed by atoms with van der Waals surface area (Å²) in [5, 5.41) is 4.94. The molecule has 1 aromatic carbocycles. The number of aryl methyl sites for hydroxylation is 2. The number of nitrogens with one attached hydrogen (secondary N) is 1. The van der Waals surface area contributed by atoms with Gasteiger partial charge in [-0.15, -0.1) is 0 Å². The molecular formula is C15H20N2O. The lowest BCUT2D eigenvalue weighted by Crippen LogP contribution is -2.23. The fourth-order valence-electron chi connectivity index (χ4n) is 2.83. The molecule has 0 amide bonds.